The van der Waals surface area contributed by atoms with Crippen LogP contribution in [0.2, 0.25) is 0 Å². The van der Waals surface area contributed by atoms with Crippen molar-refractivity contribution in [2.24, 2.45) is 0 Å². The molecule has 1 aliphatic rings. The third kappa shape index (κ3) is 5.10. The fourth-order valence-corrected chi connectivity index (χ4v) is 4.96. The predicted molar refractivity (Wildman–Crippen MR) is 132 cm³/mol. The fourth-order valence-electron chi connectivity index (χ4n) is 4.96. The molecule has 0 saturated carbocycles. The van der Waals surface area contributed by atoms with E-state index in [9.17, 15) is 9.18 Å². The van der Waals surface area contributed by atoms with E-state index in [1.54, 1.807) is 24.7 Å². The van der Waals surface area contributed by atoms with E-state index in [2.05, 4.69) is 25.2 Å². The summed E-state index contributed by atoms with van der Waals surface area (Å²) in [5.74, 6) is -0.0213. The van der Waals surface area contributed by atoms with Gasteiger partial charge in [0.1, 0.15) is 11.6 Å². The molecule has 5 rings (SSSR count). The molecule has 35 heavy (non-hydrogen) atoms. The number of pyridine rings is 3. The standard InChI is InChI=1S/C28H26FN5O/c29-23-12-10-20(11-13-23)27(26(21-6-3-14-30-18-21)22-7-4-15-31-19-22)34-17-5-8-24(34)28(35)33-25-9-1-2-16-32-25/h1-4,6-7,9-16,18-19,24,26-27H,5,8,17H2,(H,32,33,35)/t24-,27?/m0/s1. The van der Waals surface area contributed by atoms with Gasteiger partial charge in [0.25, 0.3) is 0 Å². The molecule has 1 unspecified atom stereocenters. The number of rotatable bonds is 7. The summed E-state index contributed by atoms with van der Waals surface area (Å²) in [6.45, 7) is 0.735. The minimum atomic E-state index is -0.358. The average Bonchev–Trinajstić information content (AvgIpc) is 3.39. The summed E-state index contributed by atoms with van der Waals surface area (Å²) in [5.41, 5.74) is 2.94. The zero-order valence-electron chi connectivity index (χ0n) is 19.2. The maximum Gasteiger partial charge on any atom is 0.242 e. The largest absolute Gasteiger partial charge is 0.309 e. The van der Waals surface area contributed by atoms with Gasteiger partial charge in [-0.05, 0) is 72.5 Å². The minimum absolute atomic E-state index is 0.0931. The second-order valence-corrected chi connectivity index (χ2v) is 8.65. The van der Waals surface area contributed by atoms with Crippen molar-refractivity contribution >= 4 is 11.7 Å². The van der Waals surface area contributed by atoms with E-state index in [4.69, 9.17) is 0 Å². The maximum atomic E-state index is 13.9. The Hall–Kier alpha value is -3.97. The van der Waals surface area contributed by atoms with Crippen molar-refractivity contribution in [3.05, 3.63) is 120 Å². The zero-order valence-corrected chi connectivity index (χ0v) is 19.2. The smallest absolute Gasteiger partial charge is 0.242 e. The van der Waals surface area contributed by atoms with Crippen molar-refractivity contribution in [1.82, 2.24) is 19.9 Å². The number of amides is 1. The third-order valence-electron chi connectivity index (χ3n) is 6.48. The molecule has 4 aromatic rings. The molecule has 0 spiro atoms. The van der Waals surface area contributed by atoms with Crippen molar-refractivity contribution in [2.45, 2.75) is 30.8 Å². The number of anilines is 1. The van der Waals surface area contributed by atoms with Gasteiger partial charge in [0.05, 0.1) is 6.04 Å². The number of hydrogen-bond acceptors (Lipinski definition) is 5. The Labute approximate surface area is 203 Å². The number of likely N-dealkylation sites (tertiary alicyclic amines) is 1. The number of aromatic nitrogens is 3. The molecular weight excluding hydrogens is 441 g/mol. The first-order chi connectivity index (χ1) is 17.2. The highest BCUT2D eigenvalue weighted by Gasteiger charge is 2.41. The van der Waals surface area contributed by atoms with E-state index in [1.807, 2.05) is 60.9 Å². The number of carbonyl (C=O) groups is 1. The first-order valence-corrected chi connectivity index (χ1v) is 11.7. The highest BCUT2D eigenvalue weighted by atomic mass is 19.1. The normalized spacial score (nSPS) is 16.8. The summed E-state index contributed by atoms with van der Waals surface area (Å²) >= 11 is 0. The third-order valence-corrected chi connectivity index (χ3v) is 6.48. The van der Waals surface area contributed by atoms with Crippen molar-refractivity contribution in [1.29, 1.82) is 0 Å². The highest BCUT2D eigenvalue weighted by molar-refractivity contribution is 5.94. The lowest BCUT2D eigenvalue weighted by Crippen LogP contribution is -2.44. The molecule has 1 N–H and O–H groups in total. The number of carbonyl (C=O) groups excluding carboxylic acids is 1. The van der Waals surface area contributed by atoms with Gasteiger partial charge in [-0.2, -0.15) is 0 Å². The quantitative estimate of drug-likeness (QED) is 0.415. The molecule has 6 nitrogen and oxygen atoms in total. The number of benzene rings is 1. The summed E-state index contributed by atoms with van der Waals surface area (Å²) in [6.07, 6.45) is 10.5. The number of halogens is 1. The molecule has 0 bridgehead atoms. The minimum Gasteiger partial charge on any atom is -0.309 e. The van der Waals surface area contributed by atoms with Crippen LogP contribution in [0.1, 0.15) is 41.5 Å². The molecule has 4 heterocycles. The Morgan fingerprint density at radius 3 is 2.20 bits per heavy atom. The van der Waals surface area contributed by atoms with E-state index in [0.717, 1.165) is 36.1 Å². The molecule has 0 aliphatic carbocycles. The van der Waals surface area contributed by atoms with Crippen molar-refractivity contribution < 1.29 is 9.18 Å². The van der Waals surface area contributed by atoms with Crippen molar-refractivity contribution in [3.63, 3.8) is 0 Å². The van der Waals surface area contributed by atoms with Crippen LogP contribution in [0.5, 0.6) is 0 Å². The lowest BCUT2D eigenvalue weighted by Gasteiger charge is -2.38. The molecule has 1 fully saturated rings. The van der Waals surface area contributed by atoms with E-state index < -0.39 is 0 Å². The van der Waals surface area contributed by atoms with Crippen LogP contribution in [0.25, 0.3) is 0 Å². The average molecular weight is 468 g/mol. The van der Waals surface area contributed by atoms with Gasteiger partial charge in [-0.1, -0.05) is 30.3 Å². The topological polar surface area (TPSA) is 71.0 Å². The summed E-state index contributed by atoms with van der Waals surface area (Å²) in [7, 11) is 0. The second-order valence-electron chi connectivity index (χ2n) is 8.65. The molecule has 1 saturated heterocycles. The van der Waals surface area contributed by atoms with Gasteiger partial charge < -0.3 is 5.32 Å². The first kappa shape index (κ1) is 22.8. The molecule has 1 aliphatic heterocycles. The SMILES string of the molecule is O=C(Nc1ccccn1)[C@@H]1CCCN1C(c1ccc(F)cc1)C(c1cccnc1)c1cccnc1. The van der Waals surface area contributed by atoms with Gasteiger partial charge in [-0.25, -0.2) is 9.37 Å². The van der Waals surface area contributed by atoms with Gasteiger partial charge in [-0.3, -0.25) is 19.7 Å². The Morgan fingerprint density at radius 1 is 0.886 bits per heavy atom. The molecule has 176 valence electrons. The Kier molecular flexibility index (Phi) is 6.86. The van der Waals surface area contributed by atoms with Gasteiger partial charge in [0.15, 0.2) is 0 Å². The first-order valence-electron chi connectivity index (χ1n) is 11.7. The summed E-state index contributed by atoms with van der Waals surface area (Å²) < 4.78 is 13.9. The number of nitrogens with one attached hydrogen (secondary N) is 1. The van der Waals surface area contributed by atoms with Crippen molar-refractivity contribution in [2.75, 3.05) is 11.9 Å². The van der Waals surface area contributed by atoms with Gasteiger partial charge in [-0.15, -0.1) is 0 Å². The summed E-state index contributed by atoms with van der Waals surface area (Å²) in [5, 5.41) is 2.97. The van der Waals surface area contributed by atoms with E-state index in [-0.39, 0.29) is 29.7 Å². The van der Waals surface area contributed by atoms with Crippen molar-refractivity contribution in [3.8, 4) is 0 Å². The molecule has 2 atom stereocenters. The van der Waals surface area contributed by atoms with E-state index >= 15 is 0 Å². The summed E-state index contributed by atoms with van der Waals surface area (Å²) in [4.78, 5) is 28.7. The van der Waals surface area contributed by atoms with Gasteiger partial charge >= 0.3 is 0 Å². The highest BCUT2D eigenvalue weighted by Crippen LogP contribution is 2.43. The number of nitrogens with zero attached hydrogens (tertiary/aromatic N) is 4. The fraction of sp³-hybridized carbons (Fsp3) is 0.214. The van der Waals surface area contributed by atoms with Gasteiger partial charge in [0, 0.05) is 42.9 Å². The molecular formula is C28H26FN5O. The maximum absolute atomic E-state index is 13.9. The lowest BCUT2D eigenvalue weighted by atomic mass is 9.81. The van der Waals surface area contributed by atoms with E-state index in [0.29, 0.717) is 5.82 Å². The number of hydrogen-bond donors (Lipinski definition) is 1. The molecule has 0 radical (unpaired) electrons. The monoisotopic (exact) mass is 467 g/mol. The van der Waals surface area contributed by atoms with Crippen LogP contribution in [0.3, 0.4) is 0 Å². The Bertz CT molecular complexity index is 1200. The molecule has 1 aromatic carbocycles. The predicted octanol–water partition coefficient (Wildman–Crippen LogP) is 4.99. The van der Waals surface area contributed by atoms with Gasteiger partial charge in [0.2, 0.25) is 5.91 Å². The van der Waals surface area contributed by atoms with Crippen LogP contribution in [-0.2, 0) is 4.79 Å². The molecule has 3 aromatic heterocycles. The van der Waals surface area contributed by atoms with Crippen LogP contribution in [0, 0.1) is 5.82 Å². The van der Waals surface area contributed by atoms with Crippen LogP contribution >= 0.6 is 0 Å². The molecule has 1 amide bonds. The molecule has 7 heteroatoms. The van der Waals surface area contributed by atoms with Crippen LogP contribution in [-0.4, -0.2) is 38.3 Å². The lowest BCUT2D eigenvalue weighted by molar-refractivity contribution is -0.121. The Morgan fingerprint density at radius 2 is 1.60 bits per heavy atom. The van der Waals surface area contributed by atoms with Crippen LogP contribution in [0.4, 0.5) is 10.2 Å². The van der Waals surface area contributed by atoms with Crippen LogP contribution < -0.4 is 5.32 Å². The second kappa shape index (κ2) is 10.5. The van der Waals surface area contributed by atoms with Crippen LogP contribution in [0.15, 0.2) is 97.7 Å². The Balaban J connectivity index is 1.58. The zero-order chi connectivity index (χ0) is 24.0. The summed E-state index contributed by atoms with van der Waals surface area (Å²) in [6, 6.07) is 19.3. The van der Waals surface area contributed by atoms with E-state index in [1.165, 1.54) is 12.1 Å².